The van der Waals surface area contributed by atoms with E-state index in [0.717, 1.165) is 19.4 Å². The first-order chi connectivity index (χ1) is 12.9. The summed E-state index contributed by atoms with van der Waals surface area (Å²) < 4.78 is 32.3. The Labute approximate surface area is 160 Å². The highest BCUT2D eigenvalue weighted by Crippen LogP contribution is 2.26. The summed E-state index contributed by atoms with van der Waals surface area (Å²) in [4.78, 5) is 12.6. The number of hydrogen-bond acceptors (Lipinski definition) is 4. The molecule has 0 aromatic heterocycles. The number of aryl methyl sites for hydroxylation is 1. The molecule has 1 amide bonds. The quantitative estimate of drug-likeness (QED) is 0.826. The van der Waals surface area contributed by atoms with Crippen molar-refractivity contribution in [2.75, 3.05) is 24.5 Å². The SMILES string of the molecule is Cc1cc(C(=O)NC[C@@H]2CCCO2)ccc1N(C)S(=O)(=O)c1ccccc1. The molecule has 1 saturated heterocycles. The van der Waals surface area contributed by atoms with Gasteiger partial charge in [-0.15, -0.1) is 0 Å². The predicted molar refractivity (Wildman–Crippen MR) is 105 cm³/mol. The van der Waals surface area contributed by atoms with Crippen LogP contribution in [0.3, 0.4) is 0 Å². The van der Waals surface area contributed by atoms with Crippen LogP contribution >= 0.6 is 0 Å². The minimum atomic E-state index is -3.65. The zero-order valence-corrected chi connectivity index (χ0v) is 16.3. The standard InChI is InChI=1S/C20H24N2O4S/c1-15-13-16(20(23)21-14-17-7-6-12-26-17)10-11-19(15)22(2)27(24,25)18-8-4-3-5-9-18/h3-5,8-11,13,17H,6-7,12,14H2,1-2H3,(H,21,23)/t17-/m0/s1. The third kappa shape index (κ3) is 4.31. The van der Waals surface area contributed by atoms with Gasteiger partial charge in [0.1, 0.15) is 0 Å². The average molecular weight is 388 g/mol. The first-order valence-electron chi connectivity index (χ1n) is 8.94. The second kappa shape index (κ2) is 8.10. The molecule has 6 nitrogen and oxygen atoms in total. The summed E-state index contributed by atoms with van der Waals surface area (Å²) in [7, 11) is -2.14. The maximum atomic E-state index is 12.8. The molecule has 1 heterocycles. The number of carbonyl (C=O) groups excluding carboxylic acids is 1. The van der Waals surface area contributed by atoms with Crippen LogP contribution in [-0.4, -0.2) is 40.6 Å². The lowest BCUT2D eigenvalue weighted by Crippen LogP contribution is -2.32. The van der Waals surface area contributed by atoms with Crippen molar-refractivity contribution in [1.82, 2.24) is 5.32 Å². The number of sulfonamides is 1. The summed E-state index contributed by atoms with van der Waals surface area (Å²) in [6, 6.07) is 13.3. The summed E-state index contributed by atoms with van der Waals surface area (Å²) in [6.45, 7) is 3.03. The van der Waals surface area contributed by atoms with Crippen molar-refractivity contribution in [3.63, 3.8) is 0 Å². The molecular formula is C20H24N2O4S. The van der Waals surface area contributed by atoms with Gasteiger partial charge in [0.25, 0.3) is 15.9 Å². The van der Waals surface area contributed by atoms with Crippen LogP contribution < -0.4 is 9.62 Å². The molecule has 144 valence electrons. The summed E-state index contributed by atoms with van der Waals surface area (Å²) in [5, 5.41) is 2.88. The Morgan fingerprint density at radius 1 is 1.22 bits per heavy atom. The number of hydrogen-bond donors (Lipinski definition) is 1. The van der Waals surface area contributed by atoms with Crippen LogP contribution in [0.2, 0.25) is 0 Å². The van der Waals surface area contributed by atoms with E-state index in [0.29, 0.717) is 23.4 Å². The fourth-order valence-corrected chi connectivity index (χ4v) is 4.43. The Kier molecular flexibility index (Phi) is 5.82. The molecule has 0 radical (unpaired) electrons. The van der Waals surface area contributed by atoms with Crippen LogP contribution in [0.4, 0.5) is 5.69 Å². The Morgan fingerprint density at radius 3 is 2.59 bits per heavy atom. The molecule has 2 aromatic carbocycles. The molecule has 1 N–H and O–H groups in total. The van der Waals surface area contributed by atoms with Crippen molar-refractivity contribution in [1.29, 1.82) is 0 Å². The van der Waals surface area contributed by atoms with Gasteiger partial charge in [-0.3, -0.25) is 9.10 Å². The zero-order chi connectivity index (χ0) is 19.4. The minimum absolute atomic E-state index is 0.0801. The first-order valence-corrected chi connectivity index (χ1v) is 10.4. The van der Waals surface area contributed by atoms with Crippen LogP contribution in [-0.2, 0) is 14.8 Å². The summed E-state index contributed by atoms with van der Waals surface area (Å²) >= 11 is 0. The molecular weight excluding hydrogens is 364 g/mol. The van der Waals surface area contributed by atoms with E-state index in [9.17, 15) is 13.2 Å². The normalized spacial score (nSPS) is 16.9. The monoisotopic (exact) mass is 388 g/mol. The molecule has 0 spiro atoms. The number of carbonyl (C=O) groups is 1. The maximum Gasteiger partial charge on any atom is 0.264 e. The number of rotatable bonds is 6. The van der Waals surface area contributed by atoms with Crippen molar-refractivity contribution in [2.24, 2.45) is 0 Å². The molecule has 1 fully saturated rings. The van der Waals surface area contributed by atoms with Gasteiger partial charge in [0, 0.05) is 25.8 Å². The number of amides is 1. The van der Waals surface area contributed by atoms with E-state index in [1.165, 1.54) is 11.4 Å². The zero-order valence-electron chi connectivity index (χ0n) is 15.5. The summed E-state index contributed by atoms with van der Waals surface area (Å²) in [5.41, 5.74) is 1.75. The topological polar surface area (TPSA) is 75.7 Å². The molecule has 0 saturated carbocycles. The van der Waals surface area contributed by atoms with Gasteiger partial charge in [-0.05, 0) is 55.7 Å². The molecule has 1 aliphatic rings. The van der Waals surface area contributed by atoms with E-state index < -0.39 is 10.0 Å². The lowest BCUT2D eigenvalue weighted by atomic mass is 10.1. The maximum absolute atomic E-state index is 12.8. The highest BCUT2D eigenvalue weighted by Gasteiger charge is 2.23. The van der Waals surface area contributed by atoms with Crippen LogP contribution in [0.1, 0.15) is 28.8 Å². The highest BCUT2D eigenvalue weighted by atomic mass is 32.2. The molecule has 0 unspecified atom stereocenters. The largest absolute Gasteiger partial charge is 0.376 e. The van der Waals surface area contributed by atoms with Crippen LogP contribution in [0.5, 0.6) is 0 Å². The molecule has 0 aliphatic carbocycles. The van der Waals surface area contributed by atoms with Crippen molar-refractivity contribution in [3.05, 3.63) is 59.7 Å². The Hall–Kier alpha value is -2.38. The van der Waals surface area contributed by atoms with E-state index in [-0.39, 0.29) is 16.9 Å². The number of anilines is 1. The molecule has 7 heteroatoms. The van der Waals surface area contributed by atoms with E-state index >= 15 is 0 Å². The molecule has 27 heavy (non-hydrogen) atoms. The van der Waals surface area contributed by atoms with Gasteiger partial charge in [-0.1, -0.05) is 18.2 Å². The number of ether oxygens (including phenoxy) is 1. The third-order valence-corrected chi connectivity index (χ3v) is 6.50. The number of benzene rings is 2. The second-order valence-electron chi connectivity index (χ2n) is 6.63. The van der Waals surface area contributed by atoms with Crippen molar-refractivity contribution in [2.45, 2.75) is 30.8 Å². The molecule has 1 atom stereocenters. The first kappa shape index (κ1) is 19.4. The number of nitrogens with zero attached hydrogens (tertiary/aromatic N) is 1. The smallest absolute Gasteiger partial charge is 0.264 e. The van der Waals surface area contributed by atoms with Gasteiger partial charge in [0.2, 0.25) is 0 Å². The lowest BCUT2D eigenvalue weighted by Gasteiger charge is -2.22. The molecule has 0 bridgehead atoms. The highest BCUT2D eigenvalue weighted by molar-refractivity contribution is 7.92. The minimum Gasteiger partial charge on any atom is -0.376 e. The van der Waals surface area contributed by atoms with Gasteiger partial charge in [-0.25, -0.2) is 8.42 Å². The van der Waals surface area contributed by atoms with Gasteiger partial charge < -0.3 is 10.1 Å². The number of nitrogens with one attached hydrogen (secondary N) is 1. The second-order valence-corrected chi connectivity index (χ2v) is 8.60. The van der Waals surface area contributed by atoms with Crippen LogP contribution in [0, 0.1) is 6.92 Å². The molecule has 2 aromatic rings. The average Bonchev–Trinajstić information content (AvgIpc) is 3.19. The van der Waals surface area contributed by atoms with E-state index in [4.69, 9.17) is 4.74 Å². The third-order valence-electron chi connectivity index (χ3n) is 4.71. The van der Waals surface area contributed by atoms with Gasteiger partial charge in [-0.2, -0.15) is 0 Å². The van der Waals surface area contributed by atoms with Crippen molar-refractivity contribution >= 4 is 21.6 Å². The van der Waals surface area contributed by atoms with E-state index in [1.807, 2.05) is 0 Å². The van der Waals surface area contributed by atoms with Gasteiger partial charge >= 0.3 is 0 Å². The van der Waals surface area contributed by atoms with Crippen LogP contribution in [0.15, 0.2) is 53.4 Å². The fourth-order valence-electron chi connectivity index (χ4n) is 3.14. The van der Waals surface area contributed by atoms with Crippen molar-refractivity contribution in [3.8, 4) is 0 Å². The summed E-state index contributed by atoms with van der Waals surface area (Å²) in [5.74, 6) is -0.186. The van der Waals surface area contributed by atoms with Crippen LogP contribution in [0.25, 0.3) is 0 Å². The Balaban J connectivity index is 1.75. The van der Waals surface area contributed by atoms with Gasteiger partial charge in [0.05, 0.1) is 16.7 Å². The van der Waals surface area contributed by atoms with Crippen molar-refractivity contribution < 1.29 is 17.9 Å². The van der Waals surface area contributed by atoms with E-state index in [1.54, 1.807) is 55.5 Å². The molecule has 3 rings (SSSR count). The van der Waals surface area contributed by atoms with E-state index in [2.05, 4.69) is 5.32 Å². The van der Waals surface area contributed by atoms with Gasteiger partial charge in [0.15, 0.2) is 0 Å². The fraction of sp³-hybridized carbons (Fsp3) is 0.350. The molecule has 1 aliphatic heterocycles. The Bertz CT molecular complexity index is 907. The Morgan fingerprint density at radius 2 is 1.96 bits per heavy atom. The summed E-state index contributed by atoms with van der Waals surface area (Å²) in [6.07, 6.45) is 2.06. The lowest BCUT2D eigenvalue weighted by molar-refractivity contribution is 0.0857. The predicted octanol–water partition coefficient (Wildman–Crippen LogP) is 2.73.